The van der Waals surface area contributed by atoms with Crippen molar-refractivity contribution in [2.24, 2.45) is 0 Å². The molecule has 0 aliphatic heterocycles. The number of nitrogens with two attached hydrogens (primary N) is 1. The van der Waals surface area contributed by atoms with Crippen molar-refractivity contribution in [1.29, 1.82) is 0 Å². The molecule has 1 saturated carbocycles. The van der Waals surface area contributed by atoms with Crippen LogP contribution in [0, 0.1) is 0 Å². The summed E-state index contributed by atoms with van der Waals surface area (Å²) in [4.78, 5) is 13.7. The molecule has 5 heteroatoms. The van der Waals surface area contributed by atoms with Crippen LogP contribution >= 0.6 is 11.3 Å². The molecule has 3 rings (SSSR count). The highest BCUT2D eigenvalue weighted by Crippen LogP contribution is 2.43. The van der Waals surface area contributed by atoms with Crippen molar-refractivity contribution in [3.63, 3.8) is 0 Å². The number of nitrogens with zero attached hydrogens (tertiary/aromatic N) is 3. The molecule has 82 valence electrons. The van der Waals surface area contributed by atoms with Crippen LogP contribution in [0.5, 0.6) is 0 Å². The Balaban J connectivity index is 1.89. The number of anilines is 1. The molecule has 2 heterocycles. The van der Waals surface area contributed by atoms with Crippen molar-refractivity contribution in [3.05, 3.63) is 34.9 Å². The number of thiazole rings is 1. The molecular formula is C11H12N4S. The number of aromatic nitrogens is 3. The van der Waals surface area contributed by atoms with Crippen molar-refractivity contribution in [2.45, 2.75) is 25.2 Å². The lowest BCUT2D eigenvalue weighted by atomic mass is 10.1. The topological polar surface area (TPSA) is 64.7 Å². The molecule has 4 nitrogen and oxygen atoms in total. The zero-order valence-corrected chi connectivity index (χ0v) is 9.57. The first kappa shape index (κ1) is 9.72. The molecule has 0 spiro atoms. The summed E-state index contributed by atoms with van der Waals surface area (Å²) >= 11 is 1.59. The third-order valence-corrected chi connectivity index (χ3v) is 3.59. The van der Waals surface area contributed by atoms with E-state index in [2.05, 4.69) is 15.0 Å². The van der Waals surface area contributed by atoms with E-state index in [0.717, 1.165) is 12.0 Å². The number of hydrogen-bond acceptors (Lipinski definition) is 5. The molecule has 2 aromatic rings. The van der Waals surface area contributed by atoms with Crippen molar-refractivity contribution in [3.8, 4) is 0 Å². The van der Waals surface area contributed by atoms with Gasteiger partial charge in [0.05, 0.1) is 5.69 Å². The number of hydrogen-bond donors (Lipinski definition) is 1. The Bertz CT molecular complexity index is 490. The predicted molar refractivity (Wildman–Crippen MR) is 63.3 cm³/mol. The van der Waals surface area contributed by atoms with Crippen molar-refractivity contribution in [1.82, 2.24) is 15.0 Å². The van der Waals surface area contributed by atoms with Gasteiger partial charge >= 0.3 is 0 Å². The van der Waals surface area contributed by atoms with E-state index in [1.165, 1.54) is 23.4 Å². The zero-order valence-electron chi connectivity index (χ0n) is 8.76. The third kappa shape index (κ3) is 1.90. The first-order chi connectivity index (χ1) is 7.83. The largest absolute Gasteiger partial charge is 0.375 e. The number of nitrogen functional groups attached to an aromatic ring is 1. The van der Waals surface area contributed by atoms with Crippen LogP contribution in [-0.2, 0) is 6.42 Å². The zero-order chi connectivity index (χ0) is 11.0. The Morgan fingerprint density at radius 3 is 2.75 bits per heavy atom. The number of rotatable bonds is 3. The lowest BCUT2D eigenvalue weighted by Gasteiger charge is -1.99. The Kier molecular flexibility index (Phi) is 2.32. The molecule has 1 aliphatic rings. The Morgan fingerprint density at radius 1 is 1.31 bits per heavy atom. The van der Waals surface area contributed by atoms with Gasteiger partial charge in [-0.1, -0.05) is 0 Å². The van der Waals surface area contributed by atoms with Crippen LogP contribution in [0.15, 0.2) is 18.7 Å². The molecule has 1 aliphatic carbocycles. The van der Waals surface area contributed by atoms with Gasteiger partial charge in [-0.2, -0.15) is 0 Å². The summed E-state index contributed by atoms with van der Waals surface area (Å²) < 4.78 is 0. The SMILES string of the molecule is Nc1nc(C2CC2)c(Cc2cncnc2)s1. The van der Waals surface area contributed by atoms with E-state index >= 15 is 0 Å². The summed E-state index contributed by atoms with van der Waals surface area (Å²) in [7, 11) is 0. The Morgan fingerprint density at radius 2 is 2.06 bits per heavy atom. The van der Waals surface area contributed by atoms with Gasteiger partial charge in [0.15, 0.2) is 5.13 Å². The van der Waals surface area contributed by atoms with Crippen molar-refractivity contribution in [2.75, 3.05) is 5.73 Å². The van der Waals surface area contributed by atoms with Gasteiger partial charge in [-0.05, 0) is 18.4 Å². The van der Waals surface area contributed by atoms with Crippen LogP contribution < -0.4 is 5.73 Å². The van der Waals surface area contributed by atoms with Gasteiger partial charge in [-0.25, -0.2) is 15.0 Å². The lowest BCUT2D eigenvalue weighted by molar-refractivity contribution is 0.998. The first-order valence-electron chi connectivity index (χ1n) is 5.32. The fourth-order valence-electron chi connectivity index (χ4n) is 1.79. The van der Waals surface area contributed by atoms with Crippen LogP contribution in [0.1, 0.15) is 34.9 Å². The van der Waals surface area contributed by atoms with Gasteiger partial charge in [0.2, 0.25) is 0 Å². The van der Waals surface area contributed by atoms with Gasteiger partial charge in [0.25, 0.3) is 0 Å². The second kappa shape index (κ2) is 3.83. The molecule has 2 N–H and O–H groups in total. The molecule has 0 atom stereocenters. The van der Waals surface area contributed by atoms with Gasteiger partial charge in [-0.3, -0.25) is 0 Å². The van der Waals surface area contributed by atoms with Gasteiger partial charge in [0, 0.05) is 29.6 Å². The average Bonchev–Trinajstić information content (AvgIpc) is 3.06. The van der Waals surface area contributed by atoms with E-state index in [-0.39, 0.29) is 0 Å². The molecular weight excluding hydrogens is 220 g/mol. The third-order valence-electron chi connectivity index (χ3n) is 2.69. The van der Waals surface area contributed by atoms with Gasteiger partial charge in [-0.15, -0.1) is 11.3 Å². The van der Waals surface area contributed by atoms with E-state index in [1.54, 1.807) is 17.7 Å². The maximum Gasteiger partial charge on any atom is 0.180 e. The molecule has 0 aromatic carbocycles. The smallest absolute Gasteiger partial charge is 0.180 e. The standard InChI is InChI=1S/C11H12N4S/c12-11-15-10(8-1-2-8)9(16-11)3-7-4-13-6-14-5-7/h4-6,8H,1-3H2,(H2,12,15). The quantitative estimate of drug-likeness (QED) is 0.878. The van der Waals surface area contributed by atoms with E-state index in [1.807, 2.05) is 12.4 Å². The average molecular weight is 232 g/mol. The first-order valence-corrected chi connectivity index (χ1v) is 6.13. The second-order valence-electron chi connectivity index (χ2n) is 4.06. The van der Waals surface area contributed by atoms with Gasteiger partial charge in [0.1, 0.15) is 6.33 Å². The van der Waals surface area contributed by atoms with Crippen LogP contribution in [-0.4, -0.2) is 15.0 Å². The maximum absolute atomic E-state index is 5.77. The summed E-state index contributed by atoms with van der Waals surface area (Å²) in [6.07, 6.45) is 8.59. The molecule has 0 unspecified atom stereocenters. The van der Waals surface area contributed by atoms with Crippen molar-refractivity contribution < 1.29 is 0 Å². The molecule has 2 aromatic heterocycles. The van der Waals surface area contributed by atoms with E-state index < -0.39 is 0 Å². The van der Waals surface area contributed by atoms with Gasteiger partial charge < -0.3 is 5.73 Å². The molecule has 0 radical (unpaired) electrons. The summed E-state index contributed by atoms with van der Waals surface area (Å²) in [6.45, 7) is 0. The fraction of sp³-hybridized carbons (Fsp3) is 0.364. The van der Waals surface area contributed by atoms with Crippen LogP contribution in [0.3, 0.4) is 0 Å². The summed E-state index contributed by atoms with van der Waals surface area (Å²) in [6, 6.07) is 0. The lowest BCUT2D eigenvalue weighted by Crippen LogP contribution is -1.92. The molecule has 0 saturated heterocycles. The van der Waals surface area contributed by atoms with E-state index in [4.69, 9.17) is 5.73 Å². The molecule has 0 bridgehead atoms. The molecule has 16 heavy (non-hydrogen) atoms. The van der Waals surface area contributed by atoms with Crippen molar-refractivity contribution >= 4 is 16.5 Å². The van der Waals surface area contributed by atoms with Crippen LogP contribution in [0.2, 0.25) is 0 Å². The second-order valence-corrected chi connectivity index (χ2v) is 5.17. The Hall–Kier alpha value is -1.49. The predicted octanol–water partition coefficient (Wildman–Crippen LogP) is 1.98. The summed E-state index contributed by atoms with van der Waals surface area (Å²) in [5, 5.41) is 0.675. The minimum atomic E-state index is 0.646. The molecule has 0 amide bonds. The highest BCUT2D eigenvalue weighted by atomic mass is 32.1. The highest BCUT2D eigenvalue weighted by molar-refractivity contribution is 7.15. The Labute approximate surface area is 97.6 Å². The van der Waals surface area contributed by atoms with E-state index in [9.17, 15) is 0 Å². The minimum Gasteiger partial charge on any atom is -0.375 e. The minimum absolute atomic E-state index is 0.646. The normalized spacial score (nSPS) is 15.2. The summed E-state index contributed by atoms with van der Waals surface area (Å²) in [5.74, 6) is 0.646. The summed E-state index contributed by atoms with van der Waals surface area (Å²) in [5.41, 5.74) is 8.09. The fourth-order valence-corrected chi connectivity index (χ4v) is 2.74. The monoisotopic (exact) mass is 232 g/mol. The van der Waals surface area contributed by atoms with E-state index in [0.29, 0.717) is 11.0 Å². The highest BCUT2D eigenvalue weighted by Gasteiger charge is 2.29. The van der Waals surface area contributed by atoms with Crippen LogP contribution in [0.25, 0.3) is 0 Å². The van der Waals surface area contributed by atoms with Crippen LogP contribution in [0.4, 0.5) is 5.13 Å². The maximum atomic E-state index is 5.77. The molecule has 1 fully saturated rings.